The summed E-state index contributed by atoms with van der Waals surface area (Å²) >= 11 is 0. The number of fused-ring (bicyclic) bond motifs is 1. The van der Waals surface area contributed by atoms with Gasteiger partial charge in [0.1, 0.15) is 5.60 Å². The van der Waals surface area contributed by atoms with E-state index in [9.17, 15) is 5.11 Å². The maximum atomic E-state index is 10.8. The van der Waals surface area contributed by atoms with E-state index >= 15 is 0 Å². The van der Waals surface area contributed by atoms with Crippen molar-refractivity contribution in [2.45, 2.75) is 64.5 Å². The predicted molar refractivity (Wildman–Crippen MR) is 96.4 cm³/mol. The van der Waals surface area contributed by atoms with Gasteiger partial charge in [0.2, 0.25) is 0 Å². The average Bonchev–Trinajstić information content (AvgIpc) is 2.83. The molecule has 2 unspecified atom stereocenters. The van der Waals surface area contributed by atoms with Crippen molar-refractivity contribution < 1.29 is 5.11 Å². The van der Waals surface area contributed by atoms with Gasteiger partial charge in [0.05, 0.1) is 6.54 Å². The number of nitrogens with zero attached hydrogens (tertiary/aromatic N) is 1. The third-order valence-corrected chi connectivity index (χ3v) is 4.65. The fraction of sp³-hybridized carbons (Fsp3) is 0.632. The molecule has 0 aromatic heterocycles. The summed E-state index contributed by atoms with van der Waals surface area (Å²) in [6.07, 6.45) is 5.13. The van der Waals surface area contributed by atoms with E-state index in [2.05, 4.69) is 37.1 Å². The fourth-order valence-electron chi connectivity index (χ4n) is 3.25. The van der Waals surface area contributed by atoms with Gasteiger partial charge in [-0.3, -0.25) is 4.99 Å². The molecule has 1 aliphatic rings. The van der Waals surface area contributed by atoms with Gasteiger partial charge in [-0.1, -0.05) is 51.0 Å². The minimum Gasteiger partial charge on any atom is -0.383 e. The van der Waals surface area contributed by atoms with Crippen LogP contribution in [-0.4, -0.2) is 23.7 Å². The van der Waals surface area contributed by atoms with Gasteiger partial charge in [-0.05, 0) is 43.2 Å². The molecule has 0 spiro atoms. The maximum Gasteiger partial charge on any atom is 0.188 e. The van der Waals surface area contributed by atoms with Crippen LogP contribution in [0.2, 0.25) is 0 Å². The van der Waals surface area contributed by atoms with Crippen molar-refractivity contribution >= 4 is 5.96 Å². The van der Waals surface area contributed by atoms with Gasteiger partial charge in [0, 0.05) is 6.04 Å². The minimum atomic E-state index is -0.871. The molecule has 0 saturated carbocycles. The van der Waals surface area contributed by atoms with Crippen LogP contribution < -0.4 is 11.1 Å². The number of rotatable bonds is 7. The molecule has 23 heavy (non-hydrogen) atoms. The van der Waals surface area contributed by atoms with E-state index in [1.165, 1.54) is 18.4 Å². The molecule has 0 saturated heterocycles. The summed E-state index contributed by atoms with van der Waals surface area (Å²) in [4.78, 5) is 4.39. The van der Waals surface area contributed by atoms with Gasteiger partial charge in [0.25, 0.3) is 0 Å². The Morgan fingerprint density at radius 3 is 2.78 bits per heavy atom. The van der Waals surface area contributed by atoms with E-state index < -0.39 is 5.60 Å². The van der Waals surface area contributed by atoms with E-state index in [-0.39, 0.29) is 0 Å². The highest BCUT2D eigenvalue weighted by atomic mass is 16.3. The highest BCUT2D eigenvalue weighted by Gasteiger charge is 2.36. The lowest BCUT2D eigenvalue weighted by Crippen LogP contribution is -2.39. The number of hydrogen-bond acceptors (Lipinski definition) is 2. The van der Waals surface area contributed by atoms with Crippen LogP contribution in [0, 0.1) is 5.92 Å². The molecule has 0 aliphatic heterocycles. The monoisotopic (exact) mass is 317 g/mol. The molecule has 128 valence electrons. The number of hydrogen-bond donors (Lipinski definition) is 3. The van der Waals surface area contributed by atoms with Crippen molar-refractivity contribution in [3.8, 4) is 0 Å². The lowest BCUT2D eigenvalue weighted by Gasteiger charge is -2.22. The number of nitrogens with two attached hydrogens (primary N) is 1. The smallest absolute Gasteiger partial charge is 0.188 e. The first-order valence-electron chi connectivity index (χ1n) is 8.78. The predicted octanol–water partition coefficient (Wildman–Crippen LogP) is 2.94. The third kappa shape index (κ3) is 4.96. The van der Waals surface area contributed by atoms with Gasteiger partial charge in [-0.2, -0.15) is 0 Å². The van der Waals surface area contributed by atoms with E-state index in [1.807, 2.05) is 18.2 Å². The number of aliphatic hydroxyl groups is 1. The summed E-state index contributed by atoms with van der Waals surface area (Å²) in [6.45, 7) is 6.94. The summed E-state index contributed by atoms with van der Waals surface area (Å²) in [6, 6.07) is 8.37. The number of aryl methyl sites for hydroxylation is 1. The van der Waals surface area contributed by atoms with Gasteiger partial charge >= 0.3 is 0 Å². The molecule has 4 N–H and O–H groups in total. The van der Waals surface area contributed by atoms with Crippen LogP contribution in [0.4, 0.5) is 0 Å². The first-order valence-corrected chi connectivity index (χ1v) is 8.78. The topological polar surface area (TPSA) is 70.6 Å². The van der Waals surface area contributed by atoms with Crippen LogP contribution in [-0.2, 0) is 12.0 Å². The zero-order valence-corrected chi connectivity index (χ0v) is 14.7. The lowest BCUT2D eigenvalue weighted by atomic mass is 9.96. The maximum absolute atomic E-state index is 10.8. The number of nitrogens with one attached hydrogen (secondary N) is 1. The molecule has 0 fully saturated rings. The van der Waals surface area contributed by atoms with Crippen LogP contribution >= 0.6 is 0 Å². The summed E-state index contributed by atoms with van der Waals surface area (Å²) in [5, 5.41) is 14.1. The molecule has 0 heterocycles. The Bertz CT molecular complexity index is 541. The van der Waals surface area contributed by atoms with Crippen molar-refractivity contribution in [1.82, 2.24) is 5.32 Å². The standard InChI is InChI=1S/C19H31N3O/c1-14(2)7-6-8-15(3)22-18(20)21-13-19(23)12-11-16-9-4-5-10-17(16)19/h4-5,9-10,14-15,23H,6-8,11-13H2,1-3H3,(H3,20,21,22). The molecule has 0 radical (unpaired) electrons. The van der Waals surface area contributed by atoms with E-state index in [1.54, 1.807) is 0 Å². The summed E-state index contributed by atoms with van der Waals surface area (Å²) in [5.74, 6) is 1.17. The average molecular weight is 317 g/mol. The molecule has 1 aromatic carbocycles. The second-order valence-corrected chi connectivity index (χ2v) is 7.26. The molecule has 0 bridgehead atoms. The summed E-state index contributed by atoms with van der Waals surface area (Å²) in [7, 11) is 0. The Morgan fingerprint density at radius 2 is 2.04 bits per heavy atom. The molecule has 4 nitrogen and oxygen atoms in total. The van der Waals surface area contributed by atoms with Gasteiger partial charge in [-0.15, -0.1) is 0 Å². The Labute approximate surface area is 140 Å². The normalized spacial score (nSPS) is 22.2. The zero-order chi connectivity index (χ0) is 16.9. The number of aliphatic imine (C=N–C) groups is 1. The Kier molecular flexibility index (Phi) is 6.05. The molecule has 2 rings (SSSR count). The summed E-state index contributed by atoms with van der Waals surface area (Å²) < 4.78 is 0. The van der Waals surface area contributed by atoms with Crippen LogP contribution in [0.15, 0.2) is 29.3 Å². The van der Waals surface area contributed by atoms with Gasteiger partial charge < -0.3 is 16.2 Å². The van der Waals surface area contributed by atoms with E-state index in [0.29, 0.717) is 25.0 Å². The Hall–Kier alpha value is -1.55. The first-order chi connectivity index (χ1) is 10.9. The zero-order valence-electron chi connectivity index (χ0n) is 14.7. The van der Waals surface area contributed by atoms with Crippen LogP contribution in [0.5, 0.6) is 0 Å². The molecular weight excluding hydrogens is 286 g/mol. The third-order valence-electron chi connectivity index (χ3n) is 4.65. The minimum absolute atomic E-state index is 0.308. The van der Waals surface area contributed by atoms with E-state index in [4.69, 9.17) is 5.73 Å². The highest BCUT2D eigenvalue weighted by molar-refractivity contribution is 5.78. The van der Waals surface area contributed by atoms with Crippen LogP contribution in [0.25, 0.3) is 0 Å². The summed E-state index contributed by atoms with van der Waals surface area (Å²) in [5.41, 5.74) is 7.34. The second kappa shape index (κ2) is 7.82. The van der Waals surface area contributed by atoms with Crippen molar-refractivity contribution in [2.75, 3.05) is 6.54 Å². The number of benzene rings is 1. The lowest BCUT2D eigenvalue weighted by molar-refractivity contribution is 0.0485. The van der Waals surface area contributed by atoms with Crippen molar-refractivity contribution in [2.24, 2.45) is 16.6 Å². The molecule has 1 aliphatic carbocycles. The van der Waals surface area contributed by atoms with E-state index in [0.717, 1.165) is 24.3 Å². The van der Waals surface area contributed by atoms with Crippen molar-refractivity contribution in [3.63, 3.8) is 0 Å². The second-order valence-electron chi connectivity index (χ2n) is 7.26. The Morgan fingerprint density at radius 1 is 1.30 bits per heavy atom. The highest BCUT2D eigenvalue weighted by Crippen LogP contribution is 2.36. The quantitative estimate of drug-likeness (QED) is 0.535. The van der Waals surface area contributed by atoms with Crippen LogP contribution in [0.1, 0.15) is 57.6 Å². The molecule has 4 heteroatoms. The fourth-order valence-corrected chi connectivity index (χ4v) is 3.25. The van der Waals surface area contributed by atoms with Crippen molar-refractivity contribution in [3.05, 3.63) is 35.4 Å². The largest absolute Gasteiger partial charge is 0.383 e. The SMILES string of the molecule is CC(C)CCCC(C)NC(N)=NCC1(O)CCc2ccccc21. The molecular formula is C19H31N3O. The van der Waals surface area contributed by atoms with Gasteiger partial charge in [-0.25, -0.2) is 0 Å². The van der Waals surface area contributed by atoms with Crippen LogP contribution in [0.3, 0.4) is 0 Å². The first kappa shape index (κ1) is 17.8. The Balaban J connectivity index is 1.85. The molecule has 2 atom stereocenters. The number of guanidine groups is 1. The molecule has 1 aromatic rings. The molecule has 0 amide bonds. The van der Waals surface area contributed by atoms with Crippen molar-refractivity contribution in [1.29, 1.82) is 0 Å². The van der Waals surface area contributed by atoms with Gasteiger partial charge in [0.15, 0.2) is 5.96 Å².